The Hall–Kier alpha value is -2.26. The molecule has 1 fully saturated rings. The Labute approximate surface area is 225 Å². The lowest BCUT2D eigenvalue weighted by Gasteiger charge is -2.37. The van der Waals surface area contributed by atoms with Gasteiger partial charge in [0.1, 0.15) is 5.78 Å². The van der Waals surface area contributed by atoms with Gasteiger partial charge in [-0.25, -0.2) is 8.42 Å². The number of aliphatic hydroxyl groups excluding tert-OH is 1. The number of hydrogen-bond donors (Lipinski definition) is 2. The maximum atomic E-state index is 13.2. The monoisotopic (exact) mass is 550 g/mol. The molecule has 0 bridgehead atoms. The minimum atomic E-state index is -3.20. The van der Waals surface area contributed by atoms with Crippen LogP contribution in [-0.4, -0.2) is 48.5 Å². The summed E-state index contributed by atoms with van der Waals surface area (Å²) < 4.78 is 20.0. The number of carbonyl (C=O) groups excluding carboxylic acids is 2. The molecule has 0 aromatic heterocycles. The number of benzene rings is 2. The molecule has 1 saturated heterocycles. The van der Waals surface area contributed by atoms with Crippen LogP contribution in [0.15, 0.2) is 54.6 Å². The smallest absolute Gasteiger partial charge is 0.232 e. The topological polar surface area (TPSA) is 118 Å². The maximum absolute atomic E-state index is 13.2. The summed E-state index contributed by atoms with van der Waals surface area (Å²) in [6, 6.07) is 17.8. The zero-order valence-corrected chi connectivity index (χ0v) is 23.3. The lowest BCUT2D eigenvalue weighted by Crippen LogP contribution is -2.47. The predicted octanol–water partition coefficient (Wildman–Crippen LogP) is 4.05. The van der Waals surface area contributed by atoms with E-state index in [-0.39, 0.29) is 29.8 Å². The minimum Gasteiger partial charge on any atom is -0.392 e. The summed E-state index contributed by atoms with van der Waals surface area (Å²) in [4.78, 5) is 26.9. The van der Waals surface area contributed by atoms with E-state index in [0.717, 1.165) is 23.1 Å². The number of likely N-dealkylation sites (tertiary alicyclic amines) is 1. The highest BCUT2D eigenvalue weighted by molar-refractivity contribution is 8.13. The number of nitrogens with two attached hydrogens (primary N) is 1. The number of aliphatic hydroxyl groups is 1. The average Bonchev–Trinajstić information content (AvgIpc) is 2.85. The number of halogens is 1. The summed E-state index contributed by atoms with van der Waals surface area (Å²) >= 11 is 0. The molecule has 1 aliphatic heterocycles. The van der Waals surface area contributed by atoms with Crippen LogP contribution in [0.25, 0.3) is 0 Å². The molecule has 0 spiro atoms. The number of piperidine rings is 1. The molecule has 0 radical (unpaired) electrons. The van der Waals surface area contributed by atoms with Gasteiger partial charge >= 0.3 is 0 Å². The zero-order valence-electron chi connectivity index (χ0n) is 21.7. The van der Waals surface area contributed by atoms with Crippen molar-refractivity contribution in [3.05, 3.63) is 71.3 Å². The first-order chi connectivity index (χ1) is 17.5. The Morgan fingerprint density at radius 3 is 2.35 bits per heavy atom. The van der Waals surface area contributed by atoms with Crippen molar-refractivity contribution in [2.45, 2.75) is 65.1 Å². The molecule has 2 aromatic rings. The number of hydrogen-bond acceptors (Lipinski definition) is 6. The maximum Gasteiger partial charge on any atom is 0.232 e. The molecule has 9 heteroatoms. The SMILES string of the molecule is CC(=O)C[C@@H](Cc1cccc(CN)c1)[C@H](O)[C@@H]1CCCN(Cc2ccccc2)C1=O.CCCS(=O)(=O)Cl. The Morgan fingerprint density at radius 1 is 1.14 bits per heavy atom. The molecule has 1 amide bonds. The van der Waals surface area contributed by atoms with E-state index in [4.69, 9.17) is 16.4 Å². The molecule has 37 heavy (non-hydrogen) atoms. The van der Waals surface area contributed by atoms with Crippen LogP contribution in [0.2, 0.25) is 0 Å². The number of nitrogens with zero attached hydrogens (tertiary/aromatic N) is 1. The van der Waals surface area contributed by atoms with Crippen molar-refractivity contribution < 1.29 is 23.1 Å². The molecule has 0 unspecified atom stereocenters. The van der Waals surface area contributed by atoms with Crippen LogP contribution in [0.4, 0.5) is 0 Å². The second-order valence-electron chi connectivity index (χ2n) is 9.62. The fraction of sp³-hybridized carbons (Fsp3) is 0.500. The average molecular weight is 551 g/mol. The Kier molecular flexibility index (Phi) is 12.7. The van der Waals surface area contributed by atoms with Gasteiger partial charge in [-0.2, -0.15) is 0 Å². The number of carbonyl (C=O) groups is 2. The van der Waals surface area contributed by atoms with Gasteiger partial charge in [0.2, 0.25) is 15.0 Å². The Morgan fingerprint density at radius 2 is 1.78 bits per heavy atom. The second-order valence-corrected chi connectivity index (χ2v) is 12.5. The van der Waals surface area contributed by atoms with Crippen LogP contribution in [0, 0.1) is 11.8 Å². The van der Waals surface area contributed by atoms with E-state index in [1.54, 1.807) is 13.8 Å². The normalized spacial score (nSPS) is 17.5. The number of rotatable bonds is 11. The first kappa shape index (κ1) is 31.0. The molecular formula is C28H39ClN2O5S. The van der Waals surface area contributed by atoms with E-state index in [0.29, 0.717) is 38.9 Å². The molecule has 1 heterocycles. The minimum absolute atomic E-state index is 0.0122. The van der Waals surface area contributed by atoms with Crippen LogP contribution in [0.1, 0.15) is 56.2 Å². The van der Waals surface area contributed by atoms with Gasteiger partial charge in [-0.1, -0.05) is 61.5 Å². The van der Waals surface area contributed by atoms with E-state index < -0.39 is 21.1 Å². The molecule has 3 rings (SSSR count). The van der Waals surface area contributed by atoms with Gasteiger partial charge < -0.3 is 20.5 Å². The third-order valence-corrected chi connectivity index (χ3v) is 7.76. The Balaban J connectivity index is 0.000000604. The standard InChI is InChI=1S/C25H32N2O3.C3H7ClO2S/c1-18(28)13-22(15-20-9-5-10-21(14-20)16-26)24(29)23-11-6-12-27(25(23)30)17-19-7-3-2-4-8-19;1-2-3-7(4,5)6/h2-5,7-10,14,22-24,29H,6,11-13,15-17,26H2,1H3;2-3H2,1H3/t22-,23-,24-;/m0./s1. The van der Waals surface area contributed by atoms with Crippen molar-refractivity contribution in [1.82, 2.24) is 4.90 Å². The lowest BCUT2D eigenvalue weighted by atomic mass is 9.79. The molecule has 0 saturated carbocycles. The van der Waals surface area contributed by atoms with Crippen LogP contribution < -0.4 is 5.73 Å². The summed E-state index contributed by atoms with van der Waals surface area (Å²) in [6.07, 6.45) is 2.07. The predicted molar refractivity (Wildman–Crippen MR) is 147 cm³/mol. The van der Waals surface area contributed by atoms with Gasteiger partial charge in [0.15, 0.2) is 0 Å². The van der Waals surface area contributed by atoms with Crippen molar-refractivity contribution >= 4 is 31.4 Å². The van der Waals surface area contributed by atoms with Crippen molar-refractivity contribution in [2.75, 3.05) is 12.3 Å². The van der Waals surface area contributed by atoms with Gasteiger partial charge in [-0.3, -0.25) is 4.79 Å². The summed E-state index contributed by atoms with van der Waals surface area (Å²) in [5, 5.41) is 11.2. The molecule has 3 atom stereocenters. The van der Waals surface area contributed by atoms with Crippen LogP contribution >= 0.6 is 10.7 Å². The van der Waals surface area contributed by atoms with E-state index in [1.807, 2.05) is 59.5 Å². The Bertz CT molecular complexity index is 1110. The number of Topliss-reactive ketones (excluding diaryl/α,β-unsaturated/α-hetero) is 1. The number of amides is 1. The van der Waals surface area contributed by atoms with E-state index >= 15 is 0 Å². The lowest BCUT2D eigenvalue weighted by molar-refractivity contribution is -0.146. The molecule has 0 aliphatic carbocycles. The van der Waals surface area contributed by atoms with Gasteiger partial charge in [0.05, 0.1) is 17.8 Å². The molecule has 204 valence electrons. The van der Waals surface area contributed by atoms with Crippen molar-refractivity contribution in [2.24, 2.45) is 17.6 Å². The van der Waals surface area contributed by atoms with E-state index in [9.17, 15) is 23.1 Å². The van der Waals surface area contributed by atoms with E-state index in [2.05, 4.69) is 0 Å². The largest absolute Gasteiger partial charge is 0.392 e. The van der Waals surface area contributed by atoms with Crippen LogP contribution in [0.5, 0.6) is 0 Å². The van der Waals surface area contributed by atoms with Crippen molar-refractivity contribution in [1.29, 1.82) is 0 Å². The number of ketones is 1. The van der Waals surface area contributed by atoms with E-state index in [1.165, 1.54) is 0 Å². The molecule has 1 aliphatic rings. The summed E-state index contributed by atoms with van der Waals surface area (Å²) in [5.74, 6) is -0.667. The first-order valence-electron chi connectivity index (χ1n) is 12.7. The molecule has 2 aromatic carbocycles. The van der Waals surface area contributed by atoms with Gasteiger partial charge in [0.25, 0.3) is 0 Å². The van der Waals surface area contributed by atoms with Crippen molar-refractivity contribution in [3.8, 4) is 0 Å². The van der Waals surface area contributed by atoms with Crippen molar-refractivity contribution in [3.63, 3.8) is 0 Å². The zero-order chi connectivity index (χ0) is 27.4. The summed E-state index contributed by atoms with van der Waals surface area (Å²) in [5.41, 5.74) is 8.89. The first-order valence-corrected chi connectivity index (χ1v) is 15.2. The van der Waals surface area contributed by atoms with Gasteiger partial charge in [-0.05, 0) is 55.2 Å². The second kappa shape index (κ2) is 15.2. The highest BCUT2D eigenvalue weighted by Gasteiger charge is 2.38. The quantitative estimate of drug-likeness (QED) is 0.408. The highest BCUT2D eigenvalue weighted by Crippen LogP contribution is 2.30. The van der Waals surface area contributed by atoms with Gasteiger partial charge in [-0.15, -0.1) is 0 Å². The third-order valence-electron chi connectivity index (χ3n) is 6.41. The fourth-order valence-corrected chi connectivity index (χ4v) is 5.64. The highest BCUT2D eigenvalue weighted by atomic mass is 35.7. The summed E-state index contributed by atoms with van der Waals surface area (Å²) in [7, 11) is 1.60. The van der Waals surface area contributed by atoms with Crippen LogP contribution in [-0.2, 0) is 38.2 Å². The molecule has 3 N–H and O–H groups in total. The molecular weight excluding hydrogens is 512 g/mol. The fourth-order valence-electron chi connectivity index (χ4n) is 4.69. The van der Waals surface area contributed by atoms with Gasteiger partial charge in [0, 0.05) is 36.7 Å². The van der Waals surface area contributed by atoms with Crippen LogP contribution in [0.3, 0.4) is 0 Å². The molecule has 7 nitrogen and oxygen atoms in total. The third kappa shape index (κ3) is 10.9. The summed E-state index contributed by atoms with van der Waals surface area (Å²) in [6.45, 7) is 5.01.